The van der Waals surface area contributed by atoms with E-state index in [2.05, 4.69) is 50.5 Å². The number of para-hydroxylation sites is 2. The van der Waals surface area contributed by atoms with Gasteiger partial charge in [0.05, 0.1) is 19.0 Å². The molecule has 2 aliphatic rings. The van der Waals surface area contributed by atoms with Crippen molar-refractivity contribution in [3.05, 3.63) is 53.6 Å². The Morgan fingerprint density at radius 3 is 2.57 bits per heavy atom. The van der Waals surface area contributed by atoms with Crippen LogP contribution in [0.1, 0.15) is 45.6 Å². The zero-order valence-corrected chi connectivity index (χ0v) is 21.7. The van der Waals surface area contributed by atoms with Gasteiger partial charge in [-0.05, 0) is 62.2 Å². The number of pyridine rings is 1. The Hall–Kier alpha value is -2.71. The molecular weight excluding hydrogens is 456 g/mol. The van der Waals surface area contributed by atoms with Crippen LogP contribution in [0.25, 0.3) is 11.4 Å². The molecule has 8 heteroatoms. The van der Waals surface area contributed by atoms with E-state index in [0.717, 1.165) is 54.5 Å². The van der Waals surface area contributed by atoms with Crippen molar-refractivity contribution in [3.8, 4) is 17.1 Å². The maximum absolute atomic E-state index is 6.05. The predicted molar refractivity (Wildman–Crippen MR) is 142 cm³/mol. The molecule has 0 N–H and O–H groups in total. The minimum atomic E-state index is 0.395. The highest BCUT2D eigenvalue weighted by Gasteiger charge is 2.28. The number of benzene rings is 1. The summed E-state index contributed by atoms with van der Waals surface area (Å²) in [4.78, 5) is 9.22. The average Bonchev–Trinajstić information content (AvgIpc) is 3.21. The second-order valence-corrected chi connectivity index (χ2v) is 10.1. The quantitative estimate of drug-likeness (QED) is 0.411. The standard InChI is InChI=1S/C27H36N6OS/c1-3-34-25-13-7-6-12-24(25)31-17-15-30(16-18-31)20-32-27(35)33(23-11-5-4-9-21(23)2)26(29-32)22-10-8-14-28-19-22/h6-8,10,12-14,19,21,23H,3-5,9,11,15-18,20H2,1-2H3/t21-,23+/m0/s1. The molecule has 0 unspecified atom stereocenters. The number of ether oxygens (including phenoxy) is 1. The van der Waals surface area contributed by atoms with E-state index in [1.807, 2.05) is 36.1 Å². The van der Waals surface area contributed by atoms with Gasteiger partial charge in [-0.15, -0.1) is 0 Å². The smallest absolute Gasteiger partial charge is 0.199 e. The molecule has 2 aromatic heterocycles. The second kappa shape index (κ2) is 10.9. The maximum Gasteiger partial charge on any atom is 0.199 e. The van der Waals surface area contributed by atoms with Gasteiger partial charge in [-0.3, -0.25) is 14.5 Å². The van der Waals surface area contributed by atoms with Crippen LogP contribution >= 0.6 is 12.2 Å². The highest BCUT2D eigenvalue weighted by molar-refractivity contribution is 7.71. The average molecular weight is 493 g/mol. The molecule has 5 rings (SSSR count). The number of rotatable bonds is 7. The molecule has 1 aliphatic carbocycles. The Morgan fingerprint density at radius 1 is 1.03 bits per heavy atom. The molecule has 0 spiro atoms. The van der Waals surface area contributed by atoms with Crippen LogP contribution in [0.3, 0.4) is 0 Å². The van der Waals surface area contributed by atoms with Crippen LogP contribution in [0.4, 0.5) is 5.69 Å². The number of hydrogen-bond acceptors (Lipinski definition) is 6. The lowest BCUT2D eigenvalue weighted by Gasteiger charge is -2.36. The first kappa shape index (κ1) is 24.0. The molecule has 3 heterocycles. The molecule has 0 radical (unpaired) electrons. The Balaban J connectivity index is 1.35. The summed E-state index contributed by atoms with van der Waals surface area (Å²) in [6, 6.07) is 12.8. The number of anilines is 1. The number of nitrogens with zero attached hydrogens (tertiary/aromatic N) is 6. The van der Waals surface area contributed by atoms with Crippen LogP contribution in [0, 0.1) is 10.7 Å². The van der Waals surface area contributed by atoms with E-state index in [4.69, 9.17) is 22.1 Å². The fraction of sp³-hybridized carbons (Fsp3) is 0.519. The Bertz CT molecular complexity index is 1170. The van der Waals surface area contributed by atoms with Crippen molar-refractivity contribution in [1.82, 2.24) is 24.2 Å². The molecule has 1 saturated carbocycles. The zero-order chi connectivity index (χ0) is 24.2. The molecule has 35 heavy (non-hydrogen) atoms. The van der Waals surface area contributed by atoms with E-state index in [-0.39, 0.29) is 0 Å². The summed E-state index contributed by atoms with van der Waals surface area (Å²) in [6.07, 6.45) is 8.67. The van der Waals surface area contributed by atoms with Crippen molar-refractivity contribution < 1.29 is 4.74 Å². The van der Waals surface area contributed by atoms with Crippen molar-refractivity contribution >= 4 is 17.9 Å². The minimum absolute atomic E-state index is 0.395. The van der Waals surface area contributed by atoms with Gasteiger partial charge < -0.3 is 9.64 Å². The van der Waals surface area contributed by atoms with E-state index in [0.29, 0.717) is 25.2 Å². The van der Waals surface area contributed by atoms with Crippen LogP contribution in [0.2, 0.25) is 0 Å². The molecule has 1 aromatic carbocycles. The predicted octanol–water partition coefficient (Wildman–Crippen LogP) is 5.41. The molecule has 1 aliphatic heterocycles. The van der Waals surface area contributed by atoms with Gasteiger partial charge in [-0.1, -0.05) is 31.9 Å². The van der Waals surface area contributed by atoms with Gasteiger partial charge >= 0.3 is 0 Å². The molecule has 7 nitrogen and oxygen atoms in total. The monoisotopic (exact) mass is 492 g/mol. The lowest BCUT2D eigenvalue weighted by atomic mass is 9.85. The normalized spacial score (nSPS) is 21.3. The number of aromatic nitrogens is 4. The van der Waals surface area contributed by atoms with E-state index < -0.39 is 0 Å². The van der Waals surface area contributed by atoms with Gasteiger partial charge in [-0.2, -0.15) is 5.10 Å². The van der Waals surface area contributed by atoms with Crippen molar-refractivity contribution in [2.75, 3.05) is 37.7 Å². The van der Waals surface area contributed by atoms with E-state index in [1.54, 1.807) is 0 Å². The van der Waals surface area contributed by atoms with Crippen molar-refractivity contribution in [1.29, 1.82) is 0 Å². The van der Waals surface area contributed by atoms with Crippen molar-refractivity contribution in [2.24, 2.45) is 5.92 Å². The summed E-state index contributed by atoms with van der Waals surface area (Å²) in [5.74, 6) is 2.51. The van der Waals surface area contributed by atoms with E-state index in [1.165, 1.54) is 24.9 Å². The first-order valence-electron chi connectivity index (χ1n) is 12.9. The summed E-state index contributed by atoms with van der Waals surface area (Å²) >= 11 is 6.05. The van der Waals surface area contributed by atoms with E-state index in [9.17, 15) is 0 Å². The topological polar surface area (TPSA) is 51.4 Å². The fourth-order valence-corrected chi connectivity index (χ4v) is 5.82. The van der Waals surface area contributed by atoms with Crippen LogP contribution < -0.4 is 9.64 Å². The van der Waals surface area contributed by atoms with Gasteiger partial charge in [0.15, 0.2) is 10.6 Å². The van der Waals surface area contributed by atoms with Gasteiger partial charge in [0.2, 0.25) is 0 Å². The van der Waals surface area contributed by atoms with Crippen LogP contribution in [0.5, 0.6) is 5.75 Å². The summed E-state index contributed by atoms with van der Waals surface area (Å²) in [7, 11) is 0. The fourth-order valence-electron chi connectivity index (χ4n) is 5.50. The number of piperazine rings is 1. The molecule has 186 valence electrons. The van der Waals surface area contributed by atoms with Gasteiger partial charge in [0.1, 0.15) is 5.75 Å². The molecule has 3 aromatic rings. The minimum Gasteiger partial charge on any atom is -0.492 e. The molecule has 0 bridgehead atoms. The van der Waals surface area contributed by atoms with Crippen molar-refractivity contribution in [3.63, 3.8) is 0 Å². The van der Waals surface area contributed by atoms with Crippen LogP contribution in [-0.4, -0.2) is 57.0 Å². The summed E-state index contributed by atoms with van der Waals surface area (Å²) in [5, 5.41) is 5.06. The highest BCUT2D eigenvalue weighted by atomic mass is 32.1. The zero-order valence-electron chi connectivity index (χ0n) is 20.8. The summed E-state index contributed by atoms with van der Waals surface area (Å²) in [6.45, 7) is 9.59. The van der Waals surface area contributed by atoms with Crippen LogP contribution in [-0.2, 0) is 6.67 Å². The third-order valence-electron chi connectivity index (χ3n) is 7.40. The molecule has 1 saturated heterocycles. The van der Waals surface area contributed by atoms with Gasteiger partial charge in [-0.25, -0.2) is 4.68 Å². The molecule has 2 atom stereocenters. The van der Waals surface area contributed by atoms with E-state index >= 15 is 0 Å². The Kier molecular flexibility index (Phi) is 7.48. The Morgan fingerprint density at radius 2 is 1.83 bits per heavy atom. The maximum atomic E-state index is 6.05. The first-order chi connectivity index (χ1) is 17.2. The van der Waals surface area contributed by atoms with Crippen LogP contribution in [0.15, 0.2) is 48.8 Å². The Labute approximate surface area is 213 Å². The van der Waals surface area contributed by atoms with Crippen molar-refractivity contribution in [2.45, 2.75) is 52.2 Å². The lowest BCUT2D eigenvalue weighted by molar-refractivity contribution is 0.191. The lowest BCUT2D eigenvalue weighted by Crippen LogP contribution is -2.47. The highest BCUT2D eigenvalue weighted by Crippen LogP contribution is 2.36. The molecule has 2 fully saturated rings. The SMILES string of the molecule is CCOc1ccccc1N1CCN(Cn2nc(-c3cccnc3)n([C@@H]3CCCC[C@@H]3C)c2=S)CC1. The number of hydrogen-bond donors (Lipinski definition) is 0. The summed E-state index contributed by atoms with van der Waals surface area (Å²) in [5.41, 5.74) is 2.22. The second-order valence-electron chi connectivity index (χ2n) is 9.69. The third kappa shape index (κ3) is 5.14. The third-order valence-corrected chi connectivity index (χ3v) is 7.81. The largest absolute Gasteiger partial charge is 0.492 e. The molecule has 0 amide bonds. The van der Waals surface area contributed by atoms with Gasteiger partial charge in [0, 0.05) is 50.2 Å². The van der Waals surface area contributed by atoms with Gasteiger partial charge in [0.25, 0.3) is 0 Å². The molecular formula is C27H36N6OS. The summed E-state index contributed by atoms with van der Waals surface area (Å²) < 4.78 is 11.0. The first-order valence-corrected chi connectivity index (χ1v) is 13.4.